The number of aromatic nitrogens is 2. The van der Waals surface area contributed by atoms with Crippen molar-refractivity contribution in [2.24, 2.45) is 5.92 Å². The third-order valence-electron chi connectivity index (χ3n) is 2.72. The molecule has 1 saturated carbocycles. The van der Waals surface area contributed by atoms with E-state index >= 15 is 0 Å². The van der Waals surface area contributed by atoms with Crippen LogP contribution in [0.5, 0.6) is 0 Å². The molecule has 0 aliphatic heterocycles. The lowest BCUT2D eigenvalue weighted by atomic mass is 10.4. The summed E-state index contributed by atoms with van der Waals surface area (Å²) in [6, 6.07) is 0. The van der Waals surface area contributed by atoms with E-state index in [9.17, 15) is 9.59 Å². The number of nitrogens with zero attached hydrogens (tertiary/aromatic N) is 2. The zero-order valence-corrected chi connectivity index (χ0v) is 10.7. The third-order valence-corrected chi connectivity index (χ3v) is 2.72. The van der Waals surface area contributed by atoms with E-state index in [0.717, 1.165) is 12.8 Å². The average molecular weight is 264 g/mol. The maximum Gasteiger partial charge on any atom is 0.358 e. The molecule has 102 valence electrons. The van der Waals surface area contributed by atoms with Crippen LogP contribution in [0.1, 0.15) is 23.3 Å². The Balaban J connectivity index is 1.70. The first-order valence-electron chi connectivity index (χ1n) is 6.12. The van der Waals surface area contributed by atoms with Gasteiger partial charge in [-0.2, -0.15) is 0 Å². The summed E-state index contributed by atoms with van der Waals surface area (Å²) >= 11 is 0. The van der Waals surface area contributed by atoms with E-state index in [0.29, 0.717) is 18.9 Å². The lowest BCUT2D eigenvalue weighted by Crippen LogP contribution is -2.29. The number of ether oxygens (including phenoxy) is 1. The molecule has 1 aliphatic carbocycles. The molecule has 7 nitrogen and oxygen atoms in total. The van der Waals surface area contributed by atoms with Gasteiger partial charge < -0.3 is 15.4 Å². The van der Waals surface area contributed by atoms with Gasteiger partial charge in [-0.15, -0.1) is 0 Å². The summed E-state index contributed by atoms with van der Waals surface area (Å²) in [6.45, 7) is 1.10. The summed E-state index contributed by atoms with van der Waals surface area (Å²) in [5.74, 6) is 0.372. The Kier molecular flexibility index (Phi) is 4.27. The molecule has 0 radical (unpaired) electrons. The number of rotatable bonds is 6. The molecule has 1 aliphatic rings. The van der Waals surface area contributed by atoms with E-state index in [1.807, 2.05) is 0 Å². The van der Waals surface area contributed by atoms with Crippen molar-refractivity contribution >= 4 is 17.7 Å². The minimum atomic E-state index is -0.518. The van der Waals surface area contributed by atoms with E-state index in [-0.39, 0.29) is 17.5 Å². The second-order valence-corrected chi connectivity index (χ2v) is 4.27. The van der Waals surface area contributed by atoms with Gasteiger partial charge in [0.15, 0.2) is 5.69 Å². The van der Waals surface area contributed by atoms with Gasteiger partial charge in [-0.1, -0.05) is 0 Å². The number of carbonyl (C=O) groups is 2. The fourth-order valence-corrected chi connectivity index (χ4v) is 1.50. The molecule has 7 heteroatoms. The molecule has 1 aromatic heterocycles. The van der Waals surface area contributed by atoms with Crippen LogP contribution in [0.2, 0.25) is 0 Å². The first kappa shape index (κ1) is 13.3. The number of amides is 1. The van der Waals surface area contributed by atoms with E-state index in [4.69, 9.17) is 0 Å². The van der Waals surface area contributed by atoms with Crippen LogP contribution in [0.4, 0.5) is 5.82 Å². The average Bonchev–Trinajstić information content (AvgIpc) is 3.27. The molecular weight excluding hydrogens is 248 g/mol. The number of hydrogen-bond acceptors (Lipinski definition) is 6. The van der Waals surface area contributed by atoms with Gasteiger partial charge in [-0.25, -0.2) is 14.8 Å². The number of anilines is 1. The highest BCUT2D eigenvalue weighted by atomic mass is 16.5. The Labute approximate surface area is 110 Å². The lowest BCUT2D eigenvalue weighted by Gasteiger charge is -2.06. The lowest BCUT2D eigenvalue weighted by molar-refractivity contribution is -0.122. The molecular formula is C12H16N4O3. The highest BCUT2D eigenvalue weighted by molar-refractivity contribution is 5.86. The quantitative estimate of drug-likeness (QED) is 0.563. The highest BCUT2D eigenvalue weighted by Gasteiger charge is 2.28. The van der Waals surface area contributed by atoms with Crippen LogP contribution < -0.4 is 10.6 Å². The van der Waals surface area contributed by atoms with Gasteiger partial charge in [0.25, 0.3) is 0 Å². The predicted octanol–water partition coefficient (Wildman–Crippen LogP) is 0.201. The summed E-state index contributed by atoms with van der Waals surface area (Å²) in [5.41, 5.74) is 0.162. The van der Waals surface area contributed by atoms with Crippen molar-refractivity contribution in [1.82, 2.24) is 15.3 Å². The smallest absolute Gasteiger partial charge is 0.358 e. The zero-order valence-electron chi connectivity index (χ0n) is 10.7. The SMILES string of the molecule is COC(=O)c1cnc(NCCNC(=O)C2CC2)cn1. The van der Waals surface area contributed by atoms with Crippen molar-refractivity contribution in [3.63, 3.8) is 0 Å². The van der Waals surface area contributed by atoms with E-state index < -0.39 is 5.97 Å². The second kappa shape index (κ2) is 6.12. The summed E-state index contributed by atoms with van der Waals surface area (Å²) in [5, 5.41) is 5.83. The number of carbonyl (C=O) groups excluding carboxylic acids is 2. The Bertz CT molecular complexity index is 457. The fraction of sp³-hybridized carbons (Fsp3) is 0.500. The molecule has 0 saturated heterocycles. The van der Waals surface area contributed by atoms with Gasteiger partial charge in [-0.05, 0) is 12.8 Å². The summed E-state index contributed by atoms with van der Waals surface area (Å²) < 4.78 is 4.52. The largest absolute Gasteiger partial charge is 0.464 e. The molecule has 0 unspecified atom stereocenters. The molecule has 0 aromatic carbocycles. The van der Waals surface area contributed by atoms with Gasteiger partial charge in [0.05, 0.1) is 19.5 Å². The van der Waals surface area contributed by atoms with Crippen molar-refractivity contribution in [1.29, 1.82) is 0 Å². The molecule has 1 aromatic rings. The van der Waals surface area contributed by atoms with Crippen molar-refractivity contribution in [3.8, 4) is 0 Å². The first-order chi connectivity index (χ1) is 9.20. The second-order valence-electron chi connectivity index (χ2n) is 4.27. The van der Waals surface area contributed by atoms with Crippen LogP contribution >= 0.6 is 0 Å². The maximum atomic E-state index is 11.4. The fourth-order valence-electron chi connectivity index (χ4n) is 1.50. The van der Waals surface area contributed by atoms with Crippen molar-refractivity contribution in [2.75, 3.05) is 25.5 Å². The van der Waals surface area contributed by atoms with Crippen molar-refractivity contribution in [2.45, 2.75) is 12.8 Å². The molecule has 1 fully saturated rings. The number of hydrogen-bond donors (Lipinski definition) is 2. The monoisotopic (exact) mass is 264 g/mol. The van der Waals surface area contributed by atoms with Crippen LogP contribution in [-0.4, -0.2) is 42.0 Å². The summed E-state index contributed by atoms with van der Waals surface area (Å²) in [7, 11) is 1.29. The van der Waals surface area contributed by atoms with E-state index in [1.165, 1.54) is 19.5 Å². The summed E-state index contributed by atoms with van der Waals surface area (Å²) in [4.78, 5) is 30.4. The molecule has 0 bridgehead atoms. The van der Waals surface area contributed by atoms with Gasteiger partial charge in [0, 0.05) is 19.0 Å². The van der Waals surface area contributed by atoms with Gasteiger partial charge >= 0.3 is 5.97 Å². The Hall–Kier alpha value is -2.18. The van der Waals surface area contributed by atoms with Crippen molar-refractivity contribution < 1.29 is 14.3 Å². The third kappa shape index (κ3) is 3.90. The van der Waals surface area contributed by atoms with Crippen LogP contribution in [0.25, 0.3) is 0 Å². The number of nitrogens with one attached hydrogen (secondary N) is 2. The van der Waals surface area contributed by atoms with E-state index in [1.54, 1.807) is 0 Å². The topological polar surface area (TPSA) is 93.2 Å². The number of esters is 1. The normalized spacial score (nSPS) is 13.7. The minimum Gasteiger partial charge on any atom is -0.464 e. The molecule has 19 heavy (non-hydrogen) atoms. The molecule has 0 atom stereocenters. The summed E-state index contributed by atoms with van der Waals surface area (Å²) in [6.07, 6.45) is 4.80. The Morgan fingerprint density at radius 3 is 2.68 bits per heavy atom. The molecule has 1 heterocycles. The molecule has 2 rings (SSSR count). The molecule has 2 N–H and O–H groups in total. The zero-order chi connectivity index (χ0) is 13.7. The Morgan fingerprint density at radius 2 is 2.11 bits per heavy atom. The maximum absolute atomic E-state index is 11.4. The van der Waals surface area contributed by atoms with Gasteiger partial charge in [0.2, 0.25) is 5.91 Å². The van der Waals surface area contributed by atoms with Gasteiger partial charge in [0.1, 0.15) is 5.82 Å². The predicted molar refractivity (Wildman–Crippen MR) is 67.6 cm³/mol. The standard InChI is InChI=1S/C12H16N4O3/c1-19-12(18)9-6-16-10(7-15-9)13-4-5-14-11(17)8-2-3-8/h6-8H,2-5H2,1H3,(H,13,16)(H,14,17). The van der Waals surface area contributed by atoms with Crippen LogP contribution in [0.15, 0.2) is 12.4 Å². The van der Waals surface area contributed by atoms with Gasteiger partial charge in [-0.3, -0.25) is 4.79 Å². The van der Waals surface area contributed by atoms with Crippen LogP contribution in [-0.2, 0) is 9.53 Å². The Morgan fingerprint density at radius 1 is 1.32 bits per heavy atom. The van der Waals surface area contributed by atoms with Crippen LogP contribution in [0, 0.1) is 5.92 Å². The first-order valence-corrected chi connectivity index (χ1v) is 6.12. The minimum absolute atomic E-state index is 0.119. The van der Waals surface area contributed by atoms with Crippen LogP contribution in [0.3, 0.4) is 0 Å². The van der Waals surface area contributed by atoms with E-state index in [2.05, 4.69) is 25.3 Å². The number of methoxy groups -OCH3 is 1. The highest BCUT2D eigenvalue weighted by Crippen LogP contribution is 2.28. The molecule has 0 spiro atoms. The van der Waals surface area contributed by atoms with Crippen molar-refractivity contribution in [3.05, 3.63) is 18.1 Å². The molecule has 1 amide bonds.